The largest absolute Gasteiger partial charge is 0.465 e. The Kier molecular flexibility index (Phi) is 14.0. The summed E-state index contributed by atoms with van der Waals surface area (Å²) in [5.74, 6) is -0.978. The van der Waals surface area contributed by atoms with E-state index >= 15 is 0 Å². The van der Waals surface area contributed by atoms with Gasteiger partial charge < -0.3 is 9.47 Å². The topological polar surface area (TPSA) is 52.6 Å². The minimum atomic E-state index is -0.520. The van der Waals surface area contributed by atoms with Crippen molar-refractivity contribution in [3.05, 3.63) is 35.4 Å². The highest BCUT2D eigenvalue weighted by Gasteiger charge is 2.17. The quantitative estimate of drug-likeness (QED) is 0.232. The summed E-state index contributed by atoms with van der Waals surface area (Å²) in [6.07, 6.45) is 16.7. The van der Waals surface area contributed by atoms with Crippen LogP contribution in [-0.2, 0) is 9.47 Å². The van der Waals surface area contributed by atoms with Crippen molar-refractivity contribution in [1.82, 2.24) is 0 Å². The number of carbonyl (C=O) groups is 2. The molecule has 0 spiro atoms. The van der Waals surface area contributed by atoms with Crippen LogP contribution < -0.4 is 0 Å². The van der Waals surface area contributed by atoms with Gasteiger partial charge in [0.05, 0.1) is 24.8 Å². The van der Waals surface area contributed by atoms with Gasteiger partial charge in [0.15, 0.2) is 0 Å². The average molecular weight is 391 g/mol. The third kappa shape index (κ3) is 10.5. The van der Waals surface area contributed by atoms with Gasteiger partial charge in [0.2, 0.25) is 0 Å². The van der Waals surface area contributed by atoms with Crippen molar-refractivity contribution in [2.24, 2.45) is 0 Å². The molecule has 4 heteroatoms. The Hall–Kier alpha value is -1.84. The molecule has 0 unspecified atom stereocenters. The Labute approximate surface area is 171 Å². The smallest absolute Gasteiger partial charge is 0.339 e. The van der Waals surface area contributed by atoms with E-state index in [2.05, 4.69) is 6.92 Å². The fraction of sp³-hybridized carbons (Fsp3) is 0.667. The standard InChI is InChI=1S/C24H38O4/c1-3-4-5-6-7-8-9-10-11-12-13-14-17-20-28-24(26)22-19-16-15-18-21(22)23(25)27-2/h15-16,18-19H,3-14,17,20H2,1-2H3. The average Bonchev–Trinajstić information content (AvgIpc) is 2.73. The van der Waals surface area contributed by atoms with Gasteiger partial charge in [-0.1, -0.05) is 96.1 Å². The molecule has 0 aliphatic carbocycles. The highest BCUT2D eigenvalue weighted by atomic mass is 16.5. The van der Waals surface area contributed by atoms with Crippen LogP contribution in [0, 0.1) is 0 Å². The number of carbonyl (C=O) groups excluding carboxylic acids is 2. The van der Waals surface area contributed by atoms with Crippen LogP contribution in [0.15, 0.2) is 24.3 Å². The zero-order valence-corrected chi connectivity index (χ0v) is 17.8. The van der Waals surface area contributed by atoms with Crippen molar-refractivity contribution in [2.75, 3.05) is 13.7 Å². The van der Waals surface area contributed by atoms with Crippen LogP contribution in [0.3, 0.4) is 0 Å². The fourth-order valence-electron chi connectivity index (χ4n) is 3.31. The molecule has 1 rings (SSSR count). The summed E-state index contributed by atoms with van der Waals surface area (Å²) in [5.41, 5.74) is 0.518. The zero-order valence-electron chi connectivity index (χ0n) is 17.8. The number of rotatable bonds is 16. The molecule has 158 valence electrons. The van der Waals surface area contributed by atoms with Gasteiger partial charge in [0.25, 0.3) is 0 Å². The first-order chi connectivity index (χ1) is 13.7. The first-order valence-corrected chi connectivity index (χ1v) is 11.0. The lowest BCUT2D eigenvalue weighted by Crippen LogP contribution is -2.13. The molecular weight excluding hydrogens is 352 g/mol. The molecule has 0 saturated heterocycles. The fourth-order valence-corrected chi connectivity index (χ4v) is 3.31. The lowest BCUT2D eigenvalue weighted by molar-refractivity contribution is 0.0480. The van der Waals surface area contributed by atoms with E-state index in [1.165, 1.54) is 77.7 Å². The maximum Gasteiger partial charge on any atom is 0.339 e. The molecule has 0 aromatic heterocycles. The van der Waals surface area contributed by atoms with E-state index < -0.39 is 11.9 Å². The predicted octanol–water partition coefficient (Wildman–Crippen LogP) is 6.72. The van der Waals surface area contributed by atoms with Gasteiger partial charge in [-0.3, -0.25) is 0 Å². The summed E-state index contributed by atoms with van der Waals surface area (Å²) in [4.78, 5) is 23.9. The van der Waals surface area contributed by atoms with Crippen molar-refractivity contribution >= 4 is 11.9 Å². The van der Waals surface area contributed by atoms with Crippen LogP contribution in [0.2, 0.25) is 0 Å². The molecule has 0 amide bonds. The van der Waals surface area contributed by atoms with Gasteiger partial charge in [0.1, 0.15) is 0 Å². The van der Waals surface area contributed by atoms with Gasteiger partial charge in [-0.15, -0.1) is 0 Å². The number of benzene rings is 1. The molecule has 0 aliphatic heterocycles. The van der Waals surface area contributed by atoms with Crippen molar-refractivity contribution in [3.63, 3.8) is 0 Å². The number of hydrogen-bond donors (Lipinski definition) is 0. The highest BCUT2D eigenvalue weighted by molar-refractivity contribution is 6.03. The molecule has 0 aliphatic rings. The Bertz CT molecular complexity index is 553. The molecule has 0 radical (unpaired) electrons. The summed E-state index contributed by atoms with van der Waals surface area (Å²) in [5, 5.41) is 0. The van der Waals surface area contributed by atoms with E-state index in [9.17, 15) is 9.59 Å². The van der Waals surface area contributed by atoms with Crippen molar-refractivity contribution < 1.29 is 19.1 Å². The SMILES string of the molecule is CCCCCCCCCCCCCCCOC(=O)c1ccccc1C(=O)OC. The maximum atomic E-state index is 12.2. The number of methoxy groups -OCH3 is 1. The van der Waals surface area contributed by atoms with Gasteiger partial charge in [-0.2, -0.15) is 0 Å². The van der Waals surface area contributed by atoms with Crippen molar-refractivity contribution in [2.45, 2.75) is 90.4 Å². The van der Waals surface area contributed by atoms with Gasteiger partial charge in [-0.05, 0) is 18.6 Å². The molecule has 1 aromatic rings. The second kappa shape index (κ2) is 16.1. The number of ether oxygens (including phenoxy) is 2. The molecule has 0 heterocycles. The van der Waals surface area contributed by atoms with E-state index in [4.69, 9.17) is 9.47 Å². The number of esters is 2. The molecular formula is C24H38O4. The third-order valence-corrected chi connectivity index (χ3v) is 5.03. The van der Waals surface area contributed by atoms with Gasteiger partial charge >= 0.3 is 11.9 Å². The van der Waals surface area contributed by atoms with Crippen LogP contribution in [-0.4, -0.2) is 25.7 Å². The molecule has 0 saturated carbocycles. The lowest BCUT2D eigenvalue weighted by Gasteiger charge is -2.08. The number of unbranched alkanes of at least 4 members (excludes halogenated alkanes) is 12. The first kappa shape index (κ1) is 24.2. The van der Waals surface area contributed by atoms with Crippen molar-refractivity contribution in [3.8, 4) is 0 Å². The molecule has 0 N–H and O–H groups in total. The molecule has 0 fully saturated rings. The first-order valence-electron chi connectivity index (χ1n) is 11.0. The summed E-state index contributed by atoms with van der Waals surface area (Å²) >= 11 is 0. The minimum Gasteiger partial charge on any atom is -0.465 e. The van der Waals surface area contributed by atoms with Crippen LogP contribution in [0.1, 0.15) is 111 Å². The summed E-state index contributed by atoms with van der Waals surface area (Å²) in [7, 11) is 1.30. The van der Waals surface area contributed by atoms with Crippen LogP contribution in [0.5, 0.6) is 0 Å². The molecule has 4 nitrogen and oxygen atoms in total. The predicted molar refractivity (Wildman–Crippen MR) is 114 cm³/mol. The summed E-state index contributed by atoms with van der Waals surface area (Å²) in [6.45, 7) is 2.65. The van der Waals surface area contributed by atoms with Crippen LogP contribution >= 0.6 is 0 Å². The van der Waals surface area contributed by atoms with E-state index in [0.717, 1.165) is 12.8 Å². The third-order valence-electron chi connectivity index (χ3n) is 5.03. The normalized spacial score (nSPS) is 10.6. The zero-order chi connectivity index (χ0) is 20.5. The van der Waals surface area contributed by atoms with E-state index in [-0.39, 0.29) is 11.1 Å². The highest BCUT2D eigenvalue weighted by Crippen LogP contribution is 2.14. The van der Waals surface area contributed by atoms with E-state index in [1.807, 2.05) is 0 Å². The monoisotopic (exact) mass is 390 g/mol. The minimum absolute atomic E-state index is 0.250. The van der Waals surface area contributed by atoms with Crippen LogP contribution in [0.25, 0.3) is 0 Å². The molecule has 0 bridgehead atoms. The van der Waals surface area contributed by atoms with Gasteiger partial charge in [-0.25, -0.2) is 9.59 Å². The molecule has 28 heavy (non-hydrogen) atoms. The molecule has 1 aromatic carbocycles. The second-order valence-corrected chi connectivity index (χ2v) is 7.42. The Morgan fingerprint density at radius 2 is 1.11 bits per heavy atom. The Balaban J connectivity index is 2.02. The maximum absolute atomic E-state index is 12.2. The second-order valence-electron chi connectivity index (χ2n) is 7.42. The Morgan fingerprint density at radius 1 is 0.679 bits per heavy atom. The van der Waals surface area contributed by atoms with E-state index in [1.54, 1.807) is 24.3 Å². The Morgan fingerprint density at radius 3 is 1.57 bits per heavy atom. The van der Waals surface area contributed by atoms with Gasteiger partial charge in [0, 0.05) is 0 Å². The summed E-state index contributed by atoms with van der Waals surface area (Å²) < 4.78 is 10.0. The number of hydrogen-bond acceptors (Lipinski definition) is 4. The van der Waals surface area contributed by atoms with Crippen LogP contribution in [0.4, 0.5) is 0 Å². The van der Waals surface area contributed by atoms with E-state index in [0.29, 0.717) is 6.61 Å². The lowest BCUT2D eigenvalue weighted by atomic mass is 10.0. The van der Waals surface area contributed by atoms with Crippen molar-refractivity contribution in [1.29, 1.82) is 0 Å². The molecule has 0 atom stereocenters. The summed E-state index contributed by atoms with van der Waals surface area (Å²) in [6, 6.07) is 6.59.